The normalized spacial score (nSPS) is 11.5. The molecule has 0 bridgehead atoms. The molecule has 1 unspecified atom stereocenters. The maximum Gasteiger partial charge on any atom is 0.241 e. The summed E-state index contributed by atoms with van der Waals surface area (Å²) in [6, 6.07) is 17.5. The molecule has 2 N–H and O–H groups in total. The largest absolute Gasteiger partial charge is 0.325 e. The van der Waals surface area contributed by atoms with Crippen molar-refractivity contribution in [2.24, 2.45) is 5.92 Å². The maximum atomic E-state index is 12.4. The number of nitrogens with one attached hydrogen (secondary N) is 2. The van der Waals surface area contributed by atoms with Gasteiger partial charge in [0.15, 0.2) is 5.78 Å². The number of carbonyl (C=O) groups excluding carboxylic acids is 2. The molecule has 4 nitrogen and oxygen atoms in total. The lowest BCUT2D eigenvalue weighted by atomic mass is 9.93. The van der Waals surface area contributed by atoms with Crippen molar-refractivity contribution >= 4 is 23.1 Å². The fourth-order valence-electron chi connectivity index (χ4n) is 2.02. The third-order valence-corrected chi connectivity index (χ3v) is 3.06. The van der Waals surface area contributed by atoms with Crippen molar-refractivity contribution in [1.82, 2.24) is 0 Å². The Balaban J connectivity index is 2.21. The summed E-state index contributed by atoms with van der Waals surface area (Å²) in [5.41, 5.74) is 1.06. The molecule has 2 aromatic rings. The lowest BCUT2D eigenvalue weighted by Gasteiger charge is -2.15. The van der Waals surface area contributed by atoms with Crippen molar-refractivity contribution in [2.45, 2.75) is 6.92 Å². The molecule has 0 spiro atoms. The molecule has 0 saturated heterocycles. The molecule has 0 aliphatic heterocycles. The first-order valence-corrected chi connectivity index (χ1v) is 6.60. The summed E-state index contributed by atoms with van der Waals surface area (Å²) in [4.78, 5) is 24.7. The molecular weight excluding hydrogens is 264 g/mol. The molecule has 21 heavy (non-hydrogen) atoms. The number of hydrogen-bond acceptors (Lipinski definition) is 3. The molecule has 4 heteroatoms. The second-order valence-electron chi connectivity index (χ2n) is 4.70. The van der Waals surface area contributed by atoms with E-state index in [0.717, 1.165) is 0 Å². The van der Waals surface area contributed by atoms with E-state index in [1.165, 1.54) is 6.92 Å². The number of carbonyl (C=O) groups is 2. The topological polar surface area (TPSA) is 70.0 Å². The third kappa shape index (κ3) is 3.63. The van der Waals surface area contributed by atoms with Crippen LogP contribution in [0.15, 0.2) is 60.7 Å². The molecule has 0 aliphatic rings. The highest BCUT2D eigenvalue weighted by molar-refractivity contribution is 6.26. The van der Waals surface area contributed by atoms with Crippen LogP contribution in [-0.2, 0) is 4.79 Å². The zero-order valence-electron chi connectivity index (χ0n) is 11.7. The molecule has 1 atom stereocenters. The Morgan fingerprint density at radius 2 is 1.48 bits per heavy atom. The molecule has 2 rings (SSSR count). The summed E-state index contributed by atoms with van der Waals surface area (Å²) in [7, 11) is 0. The molecule has 0 saturated carbocycles. The summed E-state index contributed by atoms with van der Waals surface area (Å²) in [6.07, 6.45) is 0. The maximum absolute atomic E-state index is 12.4. The van der Waals surface area contributed by atoms with Crippen LogP contribution in [0, 0.1) is 11.3 Å². The number of benzene rings is 2. The minimum atomic E-state index is -1.10. The summed E-state index contributed by atoms with van der Waals surface area (Å²) >= 11 is 0. The van der Waals surface area contributed by atoms with Crippen molar-refractivity contribution in [3.8, 4) is 0 Å². The Kier molecular flexibility index (Phi) is 4.61. The van der Waals surface area contributed by atoms with Gasteiger partial charge in [-0.2, -0.15) is 0 Å². The van der Waals surface area contributed by atoms with Gasteiger partial charge in [-0.3, -0.25) is 9.59 Å². The Labute approximate surface area is 123 Å². The summed E-state index contributed by atoms with van der Waals surface area (Å²) in [6.45, 7) is 1.47. The highest BCUT2D eigenvalue weighted by Crippen LogP contribution is 2.14. The van der Waals surface area contributed by atoms with Crippen LogP contribution in [0.4, 0.5) is 5.69 Å². The van der Waals surface area contributed by atoms with Crippen LogP contribution in [-0.4, -0.2) is 17.4 Å². The first-order chi connectivity index (χ1) is 10.1. The Morgan fingerprint density at radius 1 is 0.952 bits per heavy atom. The average Bonchev–Trinajstić information content (AvgIpc) is 2.49. The first kappa shape index (κ1) is 14.7. The van der Waals surface area contributed by atoms with Crippen LogP contribution in [0.1, 0.15) is 17.3 Å². The fourth-order valence-corrected chi connectivity index (χ4v) is 2.02. The van der Waals surface area contributed by atoms with Crippen molar-refractivity contribution in [3.63, 3.8) is 0 Å². The van der Waals surface area contributed by atoms with Gasteiger partial charge in [0.05, 0.1) is 0 Å². The minimum absolute atomic E-state index is 0.0253. The molecule has 0 aromatic heterocycles. The van der Waals surface area contributed by atoms with Gasteiger partial charge in [-0.25, -0.2) is 0 Å². The number of Topliss-reactive ketones (excluding diaryl/α,β-unsaturated/α-hetero) is 1. The standard InChI is InChI=1S/C17H16N2O2/c1-12(18)15(16(20)13-8-4-2-5-9-13)17(21)19-14-10-6-3-7-11-14/h2-11,15,18H,1H3,(H,19,21). The zero-order chi connectivity index (χ0) is 15.2. The van der Waals surface area contributed by atoms with Crippen molar-refractivity contribution < 1.29 is 9.59 Å². The second kappa shape index (κ2) is 6.61. The predicted molar refractivity (Wildman–Crippen MR) is 82.7 cm³/mol. The lowest BCUT2D eigenvalue weighted by Crippen LogP contribution is -2.34. The Morgan fingerprint density at radius 3 is 2.00 bits per heavy atom. The van der Waals surface area contributed by atoms with E-state index in [-0.39, 0.29) is 11.5 Å². The quantitative estimate of drug-likeness (QED) is 0.501. The van der Waals surface area contributed by atoms with Gasteiger partial charge in [-0.05, 0) is 19.1 Å². The fraction of sp³-hybridized carbons (Fsp3) is 0.118. The van der Waals surface area contributed by atoms with E-state index in [0.29, 0.717) is 11.3 Å². The van der Waals surface area contributed by atoms with Gasteiger partial charge < -0.3 is 10.7 Å². The third-order valence-electron chi connectivity index (χ3n) is 3.06. The van der Waals surface area contributed by atoms with Crippen LogP contribution in [0.3, 0.4) is 0 Å². The van der Waals surface area contributed by atoms with Crippen LogP contribution in [0.2, 0.25) is 0 Å². The molecular formula is C17H16N2O2. The van der Waals surface area contributed by atoms with E-state index < -0.39 is 11.8 Å². The van der Waals surface area contributed by atoms with Gasteiger partial charge in [-0.15, -0.1) is 0 Å². The number of hydrogen-bond donors (Lipinski definition) is 2. The number of anilines is 1. The summed E-state index contributed by atoms with van der Waals surface area (Å²) < 4.78 is 0. The van der Waals surface area contributed by atoms with E-state index in [4.69, 9.17) is 5.41 Å². The average molecular weight is 280 g/mol. The van der Waals surface area contributed by atoms with Crippen LogP contribution in [0.5, 0.6) is 0 Å². The van der Waals surface area contributed by atoms with Crippen molar-refractivity contribution in [1.29, 1.82) is 5.41 Å². The monoisotopic (exact) mass is 280 g/mol. The van der Waals surface area contributed by atoms with Gasteiger partial charge in [0.1, 0.15) is 5.92 Å². The highest BCUT2D eigenvalue weighted by Gasteiger charge is 2.29. The molecule has 0 fully saturated rings. The minimum Gasteiger partial charge on any atom is -0.325 e. The summed E-state index contributed by atoms with van der Waals surface area (Å²) in [5.74, 6) is -1.95. The van der Waals surface area contributed by atoms with Crippen LogP contribution < -0.4 is 5.32 Å². The molecule has 0 radical (unpaired) electrons. The second-order valence-corrected chi connectivity index (χ2v) is 4.70. The molecule has 1 amide bonds. The number of ketones is 1. The van der Waals surface area contributed by atoms with Crippen LogP contribution >= 0.6 is 0 Å². The lowest BCUT2D eigenvalue weighted by molar-refractivity contribution is -0.117. The molecule has 0 heterocycles. The first-order valence-electron chi connectivity index (χ1n) is 6.60. The Hall–Kier alpha value is -2.75. The SMILES string of the molecule is CC(=N)C(C(=O)Nc1ccccc1)C(=O)c1ccccc1. The number of amides is 1. The highest BCUT2D eigenvalue weighted by atomic mass is 16.2. The van der Waals surface area contributed by atoms with E-state index in [1.807, 2.05) is 6.07 Å². The molecule has 0 aliphatic carbocycles. The smallest absolute Gasteiger partial charge is 0.241 e. The van der Waals surface area contributed by atoms with Gasteiger partial charge in [0, 0.05) is 17.0 Å². The molecule has 106 valence electrons. The zero-order valence-corrected chi connectivity index (χ0v) is 11.7. The number of para-hydroxylation sites is 1. The summed E-state index contributed by atoms with van der Waals surface area (Å²) in [5, 5.41) is 10.4. The van der Waals surface area contributed by atoms with Gasteiger partial charge in [0.25, 0.3) is 0 Å². The number of rotatable bonds is 5. The molecule has 2 aromatic carbocycles. The van der Waals surface area contributed by atoms with Crippen molar-refractivity contribution in [3.05, 3.63) is 66.2 Å². The predicted octanol–water partition coefficient (Wildman–Crippen LogP) is 3.16. The van der Waals surface area contributed by atoms with Gasteiger partial charge >= 0.3 is 0 Å². The Bertz CT molecular complexity index is 651. The van der Waals surface area contributed by atoms with E-state index in [1.54, 1.807) is 54.6 Å². The van der Waals surface area contributed by atoms with E-state index in [9.17, 15) is 9.59 Å². The van der Waals surface area contributed by atoms with Crippen molar-refractivity contribution in [2.75, 3.05) is 5.32 Å². The van der Waals surface area contributed by atoms with Crippen LogP contribution in [0.25, 0.3) is 0 Å². The van der Waals surface area contributed by atoms with E-state index >= 15 is 0 Å². The van der Waals surface area contributed by atoms with E-state index in [2.05, 4.69) is 5.32 Å². The van der Waals surface area contributed by atoms with Gasteiger partial charge in [-0.1, -0.05) is 48.5 Å². The van der Waals surface area contributed by atoms with Gasteiger partial charge in [0.2, 0.25) is 5.91 Å².